The third-order valence-corrected chi connectivity index (χ3v) is 6.33. The van der Waals surface area contributed by atoms with Gasteiger partial charge in [0, 0.05) is 6.04 Å². The number of benzene rings is 1. The summed E-state index contributed by atoms with van der Waals surface area (Å²) in [7, 11) is 0. The van der Waals surface area contributed by atoms with Gasteiger partial charge in [-0.05, 0) is 31.9 Å². The Balaban J connectivity index is 1.51. The Morgan fingerprint density at radius 2 is 2.00 bits per heavy atom. The van der Waals surface area contributed by atoms with E-state index in [-0.39, 0.29) is 23.2 Å². The maximum atomic E-state index is 12.2. The number of rotatable bonds is 4. The molecule has 2 N–H and O–H groups in total. The quantitative estimate of drug-likeness (QED) is 0.807. The molecule has 0 saturated heterocycles. The predicted molar refractivity (Wildman–Crippen MR) is 98.5 cm³/mol. The number of carbonyl (C=O) groups excluding carboxylic acids is 2. The number of hydrogen-bond donors (Lipinski definition) is 2. The van der Waals surface area contributed by atoms with Gasteiger partial charge >= 0.3 is 6.03 Å². The van der Waals surface area contributed by atoms with Crippen LogP contribution in [0.1, 0.15) is 39.0 Å². The molecule has 1 heterocycles. The highest BCUT2D eigenvalue weighted by Crippen LogP contribution is 2.31. The van der Waals surface area contributed by atoms with Gasteiger partial charge in [-0.15, -0.1) is 11.3 Å². The van der Waals surface area contributed by atoms with Gasteiger partial charge in [0.1, 0.15) is 0 Å². The molecule has 1 aliphatic rings. The van der Waals surface area contributed by atoms with E-state index < -0.39 is 0 Å². The fourth-order valence-corrected chi connectivity index (χ4v) is 5.00. The highest BCUT2D eigenvalue weighted by molar-refractivity contribution is 8.02. The number of hydrogen-bond acceptors (Lipinski definition) is 5. The Labute approximate surface area is 149 Å². The Kier molecular flexibility index (Phi) is 5.73. The standard InChI is InChI=1S/C17H21N3O2S2/c1-11(23-17-19-13-9-5-6-10-14(13)24-17)15(21)20-16(22)18-12-7-3-2-4-8-12/h5-6,9-12H,2-4,7-8H2,1H3,(H2,18,20,21,22). The van der Waals surface area contributed by atoms with Crippen molar-refractivity contribution in [3.63, 3.8) is 0 Å². The van der Waals surface area contributed by atoms with Gasteiger partial charge in [-0.3, -0.25) is 10.1 Å². The van der Waals surface area contributed by atoms with Crippen molar-refractivity contribution < 1.29 is 9.59 Å². The number of imide groups is 1. The summed E-state index contributed by atoms with van der Waals surface area (Å²) >= 11 is 2.94. The molecule has 5 nitrogen and oxygen atoms in total. The summed E-state index contributed by atoms with van der Waals surface area (Å²) in [5.41, 5.74) is 0.938. The van der Waals surface area contributed by atoms with E-state index in [2.05, 4.69) is 15.6 Å². The molecule has 0 aliphatic heterocycles. The summed E-state index contributed by atoms with van der Waals surface area (Å²) in [6, 6.07) is 7.70. The largest absolute Gasteiger partial charge is 0.335 e. The summed E-state index contributed by atoms with van der Waals surface area (Å²) in [6.07, 6.45) is 5.51. The van der Waals surface area contributed by atoms with E-state index in [1.807, 2.05) is 24.3 Å². The molecule has 1 aliphatic carbocycles. The first-order valence-corrected chi connectivity index (χ1v) is 9.95. The number of nitrogens with one attached hydrogen (secondary N) is 2. The van der Waals surface area contributed by atoms with E-state index in [1.54, 1.807) is 18.3 Å². The van der Waals surface area contributed by atoms with Crippen LogP contribution in [0.5, 0.6) is 0 Å². The van der Waals surface area contributed by atoms with Crippen molar-refractivity contribution in [1.29, 1.82) is 0 Å². The molecule has 0 spiro atoms. The van der Waals surface area contributed by atoms with E-state index in [1.165, 1.54) is 18.2 Å². The third kappa shape index (κ3) is 4.48. The third-order valence-electron chi connectivity index (χ3n) is 4.10. The summed E-state index contributed by atoms with van der Waals surface area (Å²) < 4.78 is 1.94. The summed E-state index contributed by atoms with van der Waals surface area (Å²) in [5, 5.41) is 4.97. The highest BCUT2D eigenvalue weighted by atomic mass is 32.2. The van der Waals surface area contributed by atoms with E-state index in [4.69, 9.17) is 0 Å². The molecular formula is C17H21N3O2S2. The monoisotopic (exact) mass is 363 g/mol. The van der Waals surface area contributed by atoms with E-state index in [9.17, 15) is 9.59 Å². The van der Waals surface area contributed by atoms with Crippen LogP contribution >= 0.6 is 23.1 Å². The number of para-hydroxylation sites is 1. The molecular weight excluding hydrogens is 342 g/mol. The van der Waals surface area contributed by atoms with E-state index in [0.29, 0.717) is 0 Å². The molecule has 1 saturated carbocycles. The van der Waals surface area contributed by atoms with Gasteiger partial charge < -0.3 is 5.32 Å². The van der Waals surface area contributed by atoms with Gasteiger partial charge in [0.2, 0.25) is 5.91 Å². The zero-order chi connectivity index (χ0) is 16.9. The molecule has 7 heteroatoms. The van der Waals surface area contributed by atoms with Gasteiger partial charge in [0.05, 0.1) is 15.5 Å². The molecule has 0 radical (unpaired) electrons. The Morgan fingerprint density at radius 3 is 2.75 bits per heavy atom. The van der Waals surface area contributed by atoms with Crippen molar-refractivity contribution in [1.82, 2.24) is 15.6 Å². The van der Waals surface area contributed by atoms with Crippen molar-refractivity contribution in [2.24, 2.45) is 0 Å². The lowest BCUT2D eigenvalue weighted by atomic mass is 9.96. The Bertz CT molecular complexity index is 692. The lowest BCUT2D eigenvalue weighted by Crippen LogP contribution is -2.47. The fourth-order valence-electron chi connectivity index (χ4n) is 2.79. The minimum atomic E-state index is -0.386. The number of aromatic nitrogens is 1. The normalized spacial score (nSPS) is 16.7. The molecule has 1 fully saturated rings. The van der Waals surface area contributed by atoms with Crippen LogP contribution in [0.15, 0.2) is 28.6 Å². The minimum Gasteiger partial charge on any atom is -0.335 e. The second-order valence-electron chi connectivity index (χ2n) is 6.01. The van der Waals surface area contributed by atoms with Crippen LogP contribution in [-0.2, 0) is 4.79 Å². The maximum Gasteiger partial charge on any atom is 0.321 e. The molecule has 1 unspecified atom stereocenters. The first kappa shape index (κ1) is 17.2. The zero-order valence-electron chi connectivity index (χ0n) is 13.6. The van der Waals surface area contributed by atoms with Crippen LogP contribution in [0.2, 0.25) is 0 Å². The summed E-state index contributed by atoms with van der Waals surface area (Å²) in [4.78, 5) is 28.7. The second kappa shape index (κ2) is 7.98. The fraction of sp³-hybridized carbons (Fsp3) is 0.471. The van der Waals surface area contributed by atoms with Gasteiger partial charge in [-0.25, -0.2) is 9.78 Å². The van der Waals surface area contributed by atoms with Crippen LogP contribution < -0.4 is 10.6 Å². The topological polar surface area (TPSA) is 71.1 Å². The van der Waals surface area contributed by atoms with Crippen molar-refractivity contribution in [3.05, 3.63) is 24.3 Å². The summed E-state index contributed by atoms with van der Waals surface area (Å²) in [6.45, 7) is 1.79. The van der Waals surface area contributed by atoms with Crippen molar-refractivity contribution in [3.8, 4) is 0 Å². The molecule has 3 amide bonds. The van der Waals surface area contributed by atoms with Crippen molar-refractivity contribution >= 4 is 45.3 Å². The average molecular weight is 364 g/mol. The Morgan fingerprint density at radius 1 is 1.25 bits per heavy atom. The average Bonchev–Trinajstić information content (AvgIpc) is 2.97. The van der Waals surface area contributed by atoms with Crippen LogP contribution in [0, 0.1) is 0 Å². The SMILES string of the molecule is CC(Sc1nc2ccccc2s1)C(=O)NC(=O)NC1CCCCC1. The smallest absolute Gasteiger partial charge is 0.321 e. The molecule has 1 aromatic carbocycles. The number of thioether (sulfide) groups is 1. The maximum absolute atomic E-state index is 12.2. The van der Waals surface area contributed by atoms with Crippen molar-refractivity contribution in [2.75, 3.05) is 0 Å². The summed E-state index contributed by atoms with van der Waals surface area (Å²) in [5.74, 6) is -0.285. The minimum absolute atomic E-state index is 0.193. The molecule has 128 valence electrons. The van der Waals surface area contributed by atoms with Gasteiger partial charge in [-0.1, -0.05) is 43.2 Å². The Hall–Kier alpha value is -1.60. The lowest BCUT2D eigenvalue weighted by molar-refractivity contribution is -0.119. The number of fused-ring (bicyclic) bond motifs is 1. The number of nitrogens with zero attached hydrogens (tertiary/aromatic N) is 1. The van der Waals surface area contributed by atoms with E-state index in [0.717, 1.165) is 40.2 Å². The number of carbonyl (C=O) groups is 2. The highest BCUT2D eigenvalue weighted by Gasteiger charge is 2.21. The number of amides is 3. The number of urea groups is 1. The molecule has 2 aromatic rings. The van der Waals surface area contributed by atoms with Crippen LogP contribution in [0.3, 0.4) is 0 Å². The molecule has 3 rings (SSSR count). The van der Waals surface area contributed by atoms with Crippen LogP contribution in [0.4, 0.5) is 4.79 Å². The van der Waals surface area contributed by atoms with E-state index >= 15 is 0 Å². The first-order valence-electron chi connectivity index (χ1n) is 8.25. The molecule has 1 aromatic heterocycles. The predicted octanol–water partition coefficient (Wildman–Crippen LogP) is 3.94. The van der Waals surface area contributed by atoms with Crippen LogP contribution in [0.25, 0.3) is 10.2 Å². The lowest BCUT2D eigenvalue weighted by Gasteiger charge is -2.22. The molecule has 1 atom stereocenters. The van der Waals surface area contributed by atoms with Gasteiger partial charge in [-0.2, -0.15) is 0 Å². The van der Waals surface area contributed by atoms with Gasteiger partial charge in [0.25, 0.3) is 0 Å². The second-order valence-corrected chi connectivity index (χ2v) is 8.62. The molecule has 0 bridgehead atoms. The van der Waals surface area contributed by atoms with Crippen molar-refractivity contribution in [2.45, 2.75) is 54.7 Å². The van der Waals surface area contributed by atoms with Crippen LogP contribution in [-0.4, -0.2) is 28.2 Å². The number of thiazole rings is 1. The van der Waals surface area contributed by atoms with Gasteiger partial charge in [0.15, 0.2) is 4.34 Å². The molecule has 24 heavy (non-hydrogen) atoms. The first-order chi connectivity index (χ1) is 11.6. The zero-order valence-corrected chi connectivity index (χ0v) is 15.2.